The van der Waals surface area contributed by atoms with Gasteiger partial charge in [0, 0.05) is 29.0 Å². The number of non-ortho nitro benzene ring substituents is 1. The van der Waals surface area contributed by atoms with Crippen LogP contribution in [0.3, 0.4) is 0 Å². The zero-order chi connectivity index (χ0) is 21.6. The van der Waals surface area contributed by atoms with Gasteiger partial charge in [0.05, 0.1) is 17.0 Å². The van der Waals surface area contributed by atoms with Gasteiger partial charge in [0.2, 0.25) is 0 Å². The second-order valence-corrected chi connectivity index (χ2v) is 8.13. The molecule has 0 unspecified atom stereocenters. The van der Waals surface area contributed by atoms with Crippen molar-refractivity contribution in [3.8, 4) is 0 Å². The first-order chi connectivity index (χ1) is 13.4. The predicted molar refractivity (Wildman–Crippen MR) is 104 cm³/mol. The SMILES string of the molecule is CC(C)(C)OC(=O)N1CC(C(=N)NC(=O)c2cccc([N+](=O)[O-])c2)=C(N)C12CC2. The molecular formula is C19H23N5O5. The van der Waals surface area contributed by atoms with Crippen molar-refractivity contribution in [1.82, 2.24) is 10.2 Å². The molecule has 0 saturated heterocycles. The molecule has 1 aliphatic carbocycles. The fourth-order valence-electron chi connectivity index (χ4n) is 3.27. The van der Waals surface area contributed by atoms with Gasteiger partial charge in [0.1, 0.15) is 11.4 Å². The number of carbonyl (C=O) groups excluding carboxylic acids is 2. The number of amides is 2. The average molecular weight is 401 g/mol. The molecule has 4 N–H and O–H groups in total. The van der Waals surface area contributed by atoms with Crippen molar-refractivity contribution in [1.29, 1.82) is 5.41 Å². The number of nitrogens with one attached hydrogen (secondary N) is 2. The number of hydrogen-bond acceptors (Lipinski definition) is 7. The van der Waals surface area contributed by atoms with Crippen LogP contribution >= 0.6 is 0 Å². The highest BCUT2D eigenvalue weighted by Crippen LogP contribution is 2.51. The number of nitro groups is 1. The van der Waals surface area contributed by atoms with Crippen molar-refractivity contribution in [3.63, 3.8) is 0 Å². The fraction of sp³-hybridized carbons (Fsp3) is 0.421. The van der Waals surface area contributed by atoms with E-state index in [0.717, 1.165) is 6.07 Å². The Bertz CT molecular complexity index is 943. The summed E-state index contributed by atoms with van der Waals surface area (Å²) in [6, 6.07) is 5.21. The van der Waals surface area contributed by atoms with E-state index in [0.29, 0.717) is 24.1 Å². The second-order valence-electron chi connectivity index (χ2n) is 8.13. The number of benzene rings is 1. The Morgan fingerprint density at radius 1 is 1.34 bits per heavy atom. The highest BCUT2D eigenvalue weighted by atomic mass is 16.6. The Kier molecular flexibility index (Phi) is 4.81. The Hall–Kier alpha value is -3.43. The highest BCUT2D eigenvalue weighted by molar-refractivity contribution is 6.12. The van der Waals surface area contributed by atoms with Crippen molar-refractivity contribution in [3.05, 3.63) is 51.2 Å². The molecule has 0 bridgehead atoms. The number of nitro benzene ring substituents is 1. The molecule has 29 heavy (non-hydrogen) atoms. The van der Waals surface area contributed by atoms with E-state index < -0.39 is 28.1 Å². The number of nitrogens with zero attached hydrogens (tertiary/aromatic N) is 2. The maximum Gasteiger partial charge on any atom is 0.411 e. The van der Waals surface area contributed by atoms with Gasteiger partial charge in [-0.25, -0.2) is 4.79 Å². The molecule has 0 aromatic heterocycles. The number of rotatable bonds is 3. The van der Waals surface area contributed by atoms with Gasteiger partial charge < -0.3 is 15.8 Å². The minimum Gasteiger partial charge on any atom is -0.444 e. The average Bonchev–Trinajstić information content (AvgIpc) is 3.35. The van der Waals surface area contributed by atoms with E-state index in [-0.39, 0.29) is 23.6 Å². The smallest absolute Gasteiger partial charge is 0.411 e. The van der Waals surface area contributed by atoms with Gasteiger partial charge in [-0.15, -0.1) is 0 Å². The number of ether oxygens (including phenoxy) is 1. The lowest BCUT2D eigenvalue weighted by Gasteiger charge is -2.29. The molecule has 2 amide bonds. The molecule has 1 aromatic rings. The zero-order valence-corrected chi connectivity index (χ0v) is 16.4. The van der Waals surface area contributed by atoms with E-state index in [9.17, 15) is 19.7 Å². The largest absolute Gasteiger partial charge is 0.444 e. The van der Waals surface area contributed by atoms with Crippen LogP contribution in [0.4, 0.5) is 10.5 Å². The normalized spacial score (nSPS) is 17.3. The van der Waals surface area contributed by atoms with E-state index in [2.05, 4.69) is 5.32 Å². The molecule has 10 nitrogen and oxygen atoms in total. The van der Waals surface area contributed by atoms with Gasteiger partial charge in [-0.3, -0.25) is 25.2 Å². The van der Waals surface area contributed by atoms with Crippen molar-refractivity contribution in [2.45, 2.75) is 44.8 Å². The Balaban J connectivity index is 1.75. The topological polar surface area (TPSA) is 152 Å². The molecule has 154 valence electrons. The fourth-order valence-corrected chi connectivity index (χ4v) is 3.27. The van der Waals surface area contributed by atoms with Crippen LogP contribution < -0.4 is 11.1 Å². The van der Waals surface area contributed by atoms with Gasteiger partial charge in [-0.05, 0) is 39.7 Å². The first-order valence-corrected chi connectivity index (χ1v) is 9.09. The first kappa shape index (κ1) is 20.3. The minimum atomic E-state index is -0.672. The Labute approximate surface area is 167 Å². The van der Waals surface area contributed by atoms with Crippen LogP contribution in [0.1, 0.15) is 44.0 Å². The first-order valence-electron chi connectivity index (χ1n) is 9.09. The molecule has 1 aliphatic heterocycles. The van der Waals surface area contributed by atoms with Crippen LogP contribution in [-0.4, -0.2) is 45.3 Å². The third-order valence-electron chi connectivity index (χ3n) is 4.86. The number of carbonyl (C=O) groups is 2. The molecule has 1 aromatic carbocycles. The lowest BCUT2D eigenvalue weighted by molar-refractivity contribution is -0.384. The third-order valence-corrected chi connectivity index (χ3v) is 4.86. The van der Waals surface area contributed by atoms with Crippen molar-refractivity contribution < 1.29 is 19.2 Å². The van der Waals surface area contributed by atoms with Crippen LogP contribution in [0.25, 0.3) is 0 Å². The molecule has 10 heteroatoms. The van der Waals surface area contributed by atoms with Crippen molar-refractivity contribution in [2.24, 2.45) is 5.73 Å². The quantitative estimate of drug-likeness (QED) is 0.306. The van der Waals surface area contributed by atoms with Crippen molar-refractivity contribution in [2.75, 3.05) is 6.54 Å². The molecule has 2 aliphatic rings. The summed E-state index contributed by atoms with van der Waals surface area (Å²) in [5.74, 6) is -0.907. The lowest BCUT2D eigenvalue weighted by Crippen LogP contribution is -2.44. The van der Waals surface area contributed by atoms with E-state index in [1.165, 1.54) is 23.1 Å². The van der Waals surface area contributed by atoms with Crippen molar-refractivity contribution >= 4 is 23.5 Å². The van der Waals surface area contributed by atoms with Gasteiger partial charge in [-0.2, -0.15) is 0 Å². The molecule has 1 spiro atoms. The summed E-state index contributed by atoms with van der Waals surface area (Å²) < 4.78 is 5.44. The summed E-state index contributed by atoms with van der Waals surface area (Å²) >= 11 is 0. The second kappa shape index (κ2) is 6.87. The minimum absolute atomic E-state index is 0.0475. The monoisotopic (exact) mass is 401 g/mol. The molecule has 0 atom stereocenters. The Morgan fingerprint density at radius 3 is 2.55 bits per heavy atom. The van der Waals surface area contributed by atoms with Gasteiger partial charge in [0.15, 0.2) is 0 Å². The van der Waals surface area contributed by atoms with Gasteiger partial charge in [0.25, 0.3) is 11.6 Å². The maximum atomic E-state index is 12.6. The number of nitrogens with two attached hydrogens (primary N) is 1. The molecule has 0 radical (unpaired) electrons. The van der Waals surface area contributed by atoms with Gasteiger partial charge in [-0.1, -0.05) is 6.07 Å². The van der Waals surface area contributed by atoms with E-state index in [1.54, 1.807) is 20.8 Å². The molecular weight excluding hydrogens is 378 g/mol. The predicted octanol–water partition coefficient (Wildman–Crippen LogP) is 2.30. The summed E-state index contributed by atoms with van der Waals surface area (Å²) in [5, 5.41) is 21.6. The number of hydrogen-bond donors (Lipinski definition) is 3. The third kappa shape index (κ3) is 3.91. The molecule has 1 fully saturated rings. The summed E-state index contributed by atoms with van der Waals surface area (Å²) in [6.45, 7) is 5.34. The standard InChI is InChI=1S/C19H23N5O5/c1-18(2,3)29-17(26)23-10-13(14(20)19(23)7-8-19)15(21)22-16(25)11-5-4-6-12(9-11)24(27)28/h4-6,9H,7-8,10,20H2,1-3H3,(H2,21,22,25). The van der Waals surface area contributed by atoms with Crippen LogP contribution in [-0.2, 0) is 4.74 Å². The van der Waals surface area contributed by atoms with E-state index in [4.69, 9.17) is 15.9 Å². The van der Waals surface area contributed by atoms with Crippen LogP contribution in [0.5, 0.6) is 0 Å². The zero-order valence-electron chi connectivity index (χ0n) is 16.4. The highest BCUT2D eigenvalue weighted by Gasteiger charge is 2.58. The molecule has 3 rings (SSSR count). The van der Waals surface area contributed by atoms with Gasteiger partial charge >= 0.3 is 6.09 Å². The summed E-state index contributed by atoms with van der Waals surface area (Å²) in [7, 11) is 0. The van der Waals surface area contributed by atoms with Crippen LogP contribution in [0, 0.1) is 15.5 Å². The van der Waals surface area contributed by atoms with E-state index >= 15 is 0 Å². The van der Waals surface area contributed by atoms with Crippen LogP contribution in [0.15, 0.2) is 35.5 Å². The summed E-state index contributed by atoms with van der Waals surface area (Å²) in [5.41, 5.74) is 5.43. The summed E-state index contributed by atoms with van der Waals surface area (Å²) in [6.07, 6.45) is 0.798. The molecule has 1 heterocycles. The molecule has 1 saturated carbocycles. The number of amidine groups is 1. The van der Waals surface area contributed by atoms with Crippen LogP contribution in [0.2, 0.25) is 0 Å². The van der Waals surface area contributed by atoms with E-state index in [1.807, 2.05) is 0 Å². The summed E-state index contributed by atoms with van der Waals surface area (Å²) in [4.78, 5) is 36.8. The maximum absolute atomic E-state index is 12.6. The Morgan fingerprint density at radius 2 is 2.00 bits per heavy atom. The lowest BCUT2D eigenvalue weighted by atomic mass is 10.1.